The van der Waals surface area contributed by atoms with Gasteiger partial charge in [-0.15, -0.1) is 0 Å². The molecule has 0 aliphatic carbocycles. The predicted molar refractivity (Wildman–Crippen MR) is 120 cm³/mol. The maximum absolute atomic E-state index is 12.8. The standard InChI is InChI=1S/C20H26N4O9S/c21-11(7-15(25)26)17(29)24-14(9-34)19(31)22-12(6-10-4-2-1-3-5-10)18(30)23-13(20(32)33)8-16(27)28/h1-5,11-14,34H,6-9,21H2,(H,22,31)(H,23,30)(H,24,29)(H,25,26)(H,27,28)(H,32,33). The molecule has 34 heavy (non-hydrogen) atoms. The number of hydrogen-bond acceptors (Lipinski definition) is 8. The molecule has 0 bridgehead atoms. The molecule has 1 rings (SSSR count). The Hall–Kier alpha value is -3.65. The summed E-state index contributed by atoms with van der Waals surface area (Å²) in [5.41, 5.74) is 6.08. The van der Waals surface area contributed by atoms with Gasteiger partial charge in [0.15, 0.2) is 0 Å². The van der Waals surface area contributed by atoms with Crippen molar-refractivity contribution >= 4 is 48.3 Å². The van der Waals surface area contributed by atoms with E-state index in [1.807, 2.05) is 0 Å². The summed E-state index contributed by atoms with van der Waals surface area (Å²) in [5.74, 6) is -7.32. The van der Waals surface area contributed by atoms with Gasteiger partial charge in [0.25, 0.3) is 0 Å². The van der Waals surface area contributed by atoms with Crippen molar-refractivity contribution in [2.45, 2.75) is 43.4 Å². The molecule has 14 heteroatoms. The lowest BCUT2D eigenvalue weighted by molar-refractivity contribution is -0.147. The van der Waals surface area contributed by atoms with E-state index in [1.165, 1.54) is 0 Å². The summed E-state index contributed by atoms with van der Waals surface area (Å²) in [6, 6.07) is 2.58. The Kier molecular flexibility index (Phi) is 11.5. The molecule has 186 valence electrons. The highest BCUT2D eigenvalue weighted by Gasteiger charge is 2.31. The number of benzene rings is 1. The first-order chi connectivity index (χ1) is 15.9. The summed E-state index contributed by atoms with van der Waals surface area (Å²) >= 11 is 3.99. The van der Waals surface area contributed by atoms with Crippen LogP contribution in [0.15, 0.2) is 30.3 Å². The van der Waals surface area contributed by atoms with E-state index in [0.717, 1.165) is 0 Å². The van der Waals surface area contributed by atoms with Crippen LogP contribution < -0.4 is 21.7 Å². The van der Waals surface area contributed by atoms with Crippen LogP contribution in [0.3, 0.4) is 0 Å². The molecule has 0 fully saturated rings. The van der Waals surface area contributed by atoms with Crippen LogP contribution in [-0.2, 0) is 35.2 Å². The van der Waals surface area contributed by atoms with E-state index >= 15 is 0 Å². The smallest absolute Gasteiger partial charge is 0.326 e. The molecule has 0 heterocycles. The second kappa shape index (κ2) is 13.8. The quantitative estimate of drug-likeness (QED) is 0.131. The molecule has 4 unspecified atom stereocenters. The zero-order valence-corrected chi connectivity index (χ0v) is 18.7. The SMILES string of the molecule is NC(CC(=O)O)C(=O)NC(CS)C(=O)NC(Cc1ccccc1)C(=O)NC(CC(=O)O)C(=O)O. The van der Waals surface area contributed by atoms with Gasteiger partial charge in [0.1, 0.15) is 18.1 Å². The Balaban J connectivity index is 3.02. The second-order valence-electron chi connectivity index (χ2n) is 7.20. The van der Waals surface area contributed by atoms with Crippen molar-refractivity contribution in [3.05, 3.63) is 35.9 Å². The fraction of sp³-hybridized carbons (Fsp3) is 0.400. The zero-order chi connectivity index (χ0) is 25.8. The minimum absolute atomic E-state index is 0.0798. The number of thiol groups is 1. The van der Waals surface area contributed by atoms with E-state index in [4.69, 9.17) is 15.9 Å². The summed E-state index contributed by atoms with van der Waals surface area (Å²) < 4.78 is 0. The number of carbonyl (C=O) groups is 6. The van der Waals surface area contributed by atoms with Gasteiger partial charge in [0, 0.05) is 12.2 Å². The number of nitrogens with two attached hydrogens (primary N) is 1. The first kappa shape index (κ1) is 28.4. The lowest BCUT2D eigenvalue weighted by Gasteiger charge is -2.24. The lowest BCUT2D eigenvalue weighted by atomic mass is 10.0. The molecule has 0 aliphatic rings. The van der Waals surface area contributed by atoms with E-state index in [2.05, 4.69) is 28.6 Å². The molecular formula is C20H26N4O9S. The molecule has 13 nitrogen and oxygen atoms in total. The Morgan fingerprint density at radius 3 is 1.76 bits per heavy atom. The third-order valence-electron chi connectivity index (χ3n) is 4.46. The number of amides is 3. The largest absolute Gasteiger partial charge is 0.481 e. The second-order valence-corrected chi connectivity index (χ2v) is 7.56. The first-order valence-corrected chi connectivity index (χ1v) is 10.6. The normalized spacial score (nSPS) is 14.1. The van der Waals surface area contributed by atoms with E-state index in [-0.39, 0.29) is 12.2 Å². The highest BCUT2D eigenvalue weighted by molar-refractivity contribution is 7.80. The predicted octanol–water partition coefficient (Wildman–Crippen LogP) is -2.03. The number of aliphatic carboxylic acids is 3. The molecule has 8 N–H and O–H groups in total. The van der Waals surface area contributed by atoms with Crippen molar-refractivity contribution in [3.63, 3.8) is 0 Å². The molecule has 3 amide bonds. The fourth-order valence-electron chi connectivity index (χ4n) is 2.73. The van der Waals surface area contributed by atoms with Gasteiger partial charge in [-0.05, 0) is 5.56 Å². The summed E-state index contributed by atoms with van der Waals surface area (Å²) in [7, 11) is 0. The Labute approximate surface area is 199 Å². The Bertz CT molecular complexity index is 913. The number of carbonyl (C=O) groups excluding carboxylic acids is 3. The Morgan fingerprint density at radius 2 is 1.26 bits per heavy atom. The molecule has 0 radical (unpaired) electrons. The average molecular weight is 499 g/mol. The average Bonchev–Trinajstić information content (AvgIpc) is 2.75. The maximum Gasteiger partial charge on any atom is 0.326 e. The van der Waals surface area contributed by atoms with Crippen LogP contribution in [-0.4, -0.2) is 80.9 Å². The third-order valence-corrected chi connectivity index (χ3v) is 4.82. The van der Waals surface area contributed by atoms with Crippen molar-refractivity contribution in [2.24, 2.45) is 5.73 Å². The molecule has 0 aromatic heterocycles. The van der Waals surface area contributed by atoms with Crippen LogP contribution in [0.4, 0.5) is 0 Å². The summed E-state index contributed by atoms with van der Waals surface area (Å²) in [5, 5.41) is 33.5. The van der Waals surface area contributed by atoms with Gasteiger partial charge in [-0.1, -0.05) is 30.3 Å². The minimum atomic E-state index is -1.74. The molecule has 0 spiro atoms. The van der Waals surface area contributed by atoms with Gasteiger partial charge in [0.2, 0.25) is 17.7 Å². The third kappa shape index (κ3) is 9.87. The van der Waals surface area contributed by atoms with Crippen molar-refractivity contribution in [1.82, 2.24) is 16.0 Å². The van der Waals surface area contributed by atoms with Crippen LogP contribution >= 0.6 is 12.6 Å². The van der Waals surface area contributed by atoms with Gasteiger partial charge in [-0.3, -0.25) is 24.0 Å². The number of carboxylic acids is 3. The highest BCUT2D eigenvalue weighted by Crippen LogP contribution is 2.06. The van der Waals surface area contributed by atoms with Crippen molar-refractivity contribution in [1.29, 1.82) is 0 Å². The van der Waals surface area contributed by atoms with Crippen LogP contribution in [0.1, 0.15) is 18.4 Å². The topological polar surface area (TPSA) is 225 Å². The van der Waals surface area contributed by atoms with Crippen molar-refractivity contribution in [2.75, 3.05) is 5.75 Å². The molecule has 4 atom stereocenters. The molecule has 1 aromatic rings. The van der Waals surface area contributed by atoms with Gasteiger partial charge >= 0.3 is 17.9 Å². The summed E-state index contributed by atoms with van der Waals surface area (Å²) in [6.07, 6.45) is -1.64. The molecular weight excluding hydrogens is 472 g/mol. The maximum atomic E-state index is 12.8. The monoisotopic (exact) mass is 498 g/mol. The van der Waals surface area contributed by atoms with Gasteiger partial charge < -0.3 is 37.0 Å². The summed E-state index contributed by atoms with van der Waals surface area (Å²) in [4.78, 5) is 70.5. The molecule has 0 saturated heterocycles. The van der Waals surface area contributed by atoms with Gasteiger partial charge in [-0.25, -0.2) is 4.79 Å². The van der Waals surface area contributed by atoms with E-state index < -0.39 is 72.6 Å². The minimum Gasteiger partial charge on any atom is -0.481 e. The number of rotatable bonds is 14. The Morgan fingerprint density at radius 1 is 0.765 bits per heavy atom. The van der Waals surface area contributed by atoms with Crippen LogP contribution in [0.2, 0.25) is 0 Å². The highest BCUT2D eigenvalue weighted by atomic mass is 32.1. The fourth-order valence-corrected chi connectivity index (χ4v) is 2.99. The number of carboxylic acid groups (broad SMARTS) is 3. The zero-order valence-electron chi connectivity index (χ0n) is 17.8. The van der Waals surface area contributed by atoms with E-state index in [0.29, 0.717) is 5.56 Å². The lowest BCUT2D eigenvalue weighted by Crippen LogP contribution is -2.58. The van der Waals surface area contributed by atoms with E-state index in [1.54, 1.807) is 30.3 Å². The first-order valence-electron chi connectivity index (χ1n) is 9.92. The van der Waals surface area contributed by atoms with Crippen molar-refractivity contribution < 1.29 is 44.1 Å². The molecule has 0 aliphatic heterocycles. The molecule has 0 saturated carbocycles. The van der Waals surface area contributed by atoms with Crippen molar-refractivity contribution in [3.8, 4) is 0 Å². The van der Waals surface area contributed by atoms with E-state index in [9.17, 15) is 33.9 Å². The number of nitrogens with one attached hydrogen (secondary N) is 3. The number of hydrogen-bond donors (Lipinski definition) is 8. The van der Waals surface area contributed by atoms with Crippen LogP contribution in [0.5, 0.6) is 0 Å². The van der Waals surface area contributed by atoms with Crippen LogP contribution in [0, 0.1) is 0 Å². The van der Waals surface area contributed by atoms with Gasteiger partial charge in [0.05, 0.1) is 18.9 Å². The van der Waals surface area contributed by atoms with Crippen LogP contribution in [0.25, 0.3) is 0 Å². The van der Waals surface area contributed by atoms with Gasteiger partial charge in [-0.2, -0.15) is 12.6 Å². The summed E-state index contributed by atoms with van der Waals surface area (Å²) in [6.45, 7) is 0. The molecule has 1 aromatic carbocycles.